The van der Waals surface area contributed by atoms with Crippen molar-refractivity contribution in [3.63, 3.8) is 0 Å². The van der Waals surface area contributed by atoms with Gasteiger partial charge in [0.1, 0.15) is 5.15 Å². The van der Waals surface area contributed by atoms with Gasteiger partial charge in [-0.15, -0.1) is 0 Å². The minimum Gasteiger partial charge on any atom is -0.452 e. The number of nitrogens with zero attached hydrogens (tertiary/aromatic N) is 1. The Bertz CT molecular complexity index is 763. The monoisotopic (exact) mass is 344 g/mol. The molecule has 1 aromatic carbocycles. The van der Waals surface area contributed by atoms with Gasteiger partial charge in [-0.05, 0) is 42.5 Å². The molecule has 0 saturated heterocycles. The maximum Gasteiger partial charge on any atom is 0.338 e. The Morgan fingerprint density at radius 3 is 2.96 bits per heavy atom. The van der Waals surface area contributed by atoms with Crippen LogP contribution < -0.4 is 5.32 Å². The van der Waals surface area contributed by atoms with E-state index in [-0.39, 0.29) is 29.3 Å². The Morgan fingerprint density at radius 2 is 2.12 bits per heavy atom. The summed E-state index contributed by atoms with van der Waals surface area (Å²) in [4.78, 5) is 27.8. The van der Waals surface area contributed by atoms with Crippen LogP contribution in [0.25, 0.3) is 0 Å². The van der Waals surface area contributed by atoms with Gasteiger partial charge >= 0.3 is 5.97 Å². The fourth-order valence-electron chi connectivity index (χ4n) is 2.88. The number of benzene rings is 1. The zero-order valence-corrected chi connectivity index (χ0v) is 13.8. The lowest BCUT2D eigenvalue weighted by Crippen LogP contribution is -2.34. The quantitative estimate of drug-likeness (QED) is 0.683. The number of rotatable bonds is 4. The van der Waals surface area contributed by atoms with E-state index in [4.69, 9.17) is 16.3 Å². The van der Waals surface area contributed by atoms with Crippen molar-refractivity contribution in [1.29, 1.82) is 0 Å². The third kappa shape index (κ3) is 3.92. The van der Waals surface area contributed by atoms with Gasteiger partial charge in [0.2, 0.25) is 0 Å². The van der Waals surface area contributed by atoms with Crippen LogP contribution in [0.2, 0.25) is 5.15 Å². The normalized spacial score (nSPS) is 16.1. The summed E-state index contributed by atoms with van der Waals surface area (Å²) >= 11 is 5.73. The van der Waals surface area contributed by atoms with E-state index in [1.165, 1.54) is 23.9 Å². The van der Waals surface area contributed by atoms with Crippen molar-refractivity contribution in [3.8, 4) is 0 Å². The largest absolute Gasteiger partial charge is 0.452 e. The third-order valence-corrected chi connectivity index (χ3v) is 4.21. The van der Waals surface area contributed by atoms with Gasteiger partial charge in [0.25, 0.3) is 5.91 Å². The molecule has 1 atom stereocenters. The van der Waals surface area contributed by atoms with Gasteiger partial charge in [0.15, 0.2) is 6.61 Å². The van der Waals surface area contributed by atoms with E-state index in [0.717, 1.165) is 24.8 Å². The van der Waals surface area contributed by atoms with Crippen LogP contribution in [-0.4, -0.2) is 23.5 Å². The Hall–Kier alpha value is -2.40. The molecule has 1 aromatic heterocycles. The molecule has 2 aromatic rings. The lowest BCUT2D eigenvalue weighted by Gasteiger charge is -2.26. The number of amides is 1. The van der Waals surface area contributed by atoms with Crippen LogP contribution in [0.4, 0.5) is 0 Å². The van der Waals surface area contributed by atoms with Crippen molar-refractivity contribution in [2.24, 2.45) is 0 Å². The van der Waals surface area contributed by atoms with Crippen molar-refractivity contribution in [2.45, 2.75) is 25.3 Å². The van der Waals surface area contributed by atoms with Crippen molar-refractivity contribution >= 4 is 23.5 Å². The Balaban J connectivity index is 1.56. The molecular weight excluding hydrogens is 328 g/mol. The second-order valence-corrected chi connectivity index (χ2v) is 6.04. The van der Waals surface area contributed by atoms with Crippen LogP contribution in [0.5, 0.6) is 0 Å². The molecule has 3 rings (SSSR count). The van der Waals surface area contributed by atoms with Gasteiger partial charge in [-0.3, -0.25) is 4.79 Å². The predicted octanol–water partition coefficient (Wildman–Crippen LogP) is 3.09. The summed E-state index contributed by atoms with van der Waals surface area (Å²) < 4.78 is 5.04. The van der Waals surface area contributed by atoms with E-state index in [9.17, 15) is 9.59 Å². The minimum atomic E-state index is -0.599. The van der Waals surface area contributed by atoms with Crippen molar-refractivity contribution in [1.82, 2.24) is 10.3 Å². The van der Waals surface area contributed by atoms with Gasteiger partial charge in [0, 0.05) is 6.20 Å². The predicted molar refractivity (Wildman–Crippen MR) is 89.8 cm³/mol. The molecule has 124 valence electrons. The van der Waals surface area contributed by atoms with Gasteiger partial charge < -0.3 is 10.1 Å². The van der Waals surface area contributed by atoms with Crippen LogP contribution in [0.3, 0.4) is 0 Å². The molecule has 0 spiro atoms. The maximum absolute atomic E-state index is 12.1. The number of nitrogens with one attached hydrogen (secondary N) is 1. The van der Waals surface area contributed by atoms with Gasteiger partial charge in [-0.1, -0.05) is 35.9 Å². The summed E-state index contributed by atoms with van der Waals surface area (Å²) in [6.07, 6.45) is 4.35. The highest BCUT2D eigenvalue weighted by atomic mass is 35.5. The number of carbonyl (C=O) groups excluding carboxylic acids is 2. The standard InChI is InChI=1S/C18H17ClN2O3/c19-16-10-13(8-9-20-16)18(23)24-11-17(22)21-15-7-3-5-12-4-1-2-6-14(12)15/h1-2,4,6,8-10,15H,3,5,7,11H2,(H,21,22). The number of halogens is 1. The topological polar surface area (TPSA) is 68.3 Å². The molecule has 0 bridgehead atoms. The van der Waals surface area contributed by atoms with Crippen molar-refractivity contribution in [3.05, 3.63) is 64.4 Å². The molecule has 1 heterocycles. The zero-order chi connectivity index (χ0) is 16.9. The lowest BCUT2D eigenvalue weighted by molar-refractivity contribution is -0.125. The van der Waals surface area contributed by atoms with E-state index in [1.54, 1.807) is 0 Å². The molecule has 0 saturated carbocycles. The summed E-state index contributed by atoms with van der Waals surface area (Å²) in [5.41, 5.74) is 2.67. The number of pyridine rings is 1. The molecule has 0 radical (unpaired) electrons. The summed E-state index contributed by atoms with van der Waals surface area (Å²) in [5.74, 6) is -0.913. The van der Waals surface area contributed by atoms with Crippen LogP contribution in [0.1, 0.15) is 40.4 Å². The van der Waals surface area contributed by atoms with Crippen molar-refractivity contribution in [2.75, 3.05) is 6.61 Å². The molecule has 1 amide bonds. The number of hydrogen-bond donors (Lipinski definition) is 1. The highest BCUT2D eigenvalue weighted by molar-refractivity contribution is 6.29. The fourth-order valence-corrected chi connectivity index (χ4v) is 3.06. The average Bonchev–Trinajstić information content (AvgIpc) is 2.60. The molecule has 1 N–H and O–H groups in total. The molecule has 0 fully saturated rings. The number of ether oxygens (including phenoxy) is 1. The second kappa shape index (κ2) is 7.45. The lowest BCUT2D eigenvalue weighted by atomic mass is 9.88. The maximum atomic E-state index is 12.1. The molecular formula is C18H17ClN2O3. The Labute approximate surface area is 145 Å². The number of carbonyl (C=O) groups is 2. The number of aryl methyl sites for hydroxylation is 1. The van der Waals surface area contributed by atoms with Crippen molar-refractivity contribution < 1.29 is 14.3 Å². The summed E-state index contributed by atoms with van der Waals surface area (Å²) in [6.45, 7) is -0.322. The first-order valence-corrected chi connectivity index (χ1v) is 8.17. The Morgan fingerprint density at radius 1 is 1.29 bits per heavy atom. The molecule has 1 aliphatic carbocycles. The molecule has 0 aliphatic heterocycles. The van der Waals surface area contributed by atoms with Crippen LogP contribution >= 0.6 is 11.6 Å². The number of esters is 1. The first-order chi connectivity index (χ1) is 11.6. The highest BCUT2D eigenvalue weighted by Gasteiger charge is 2.21. The minimum absolute atomic E-state index is 0.0310. The third-order valence-electron chi connectivity index (χ3n) is 4.00. The van der Waals surface area contributed by atoms with Gasteiger partial charge in [-0.25, -0.2) is 9.78 Å². The first kappa shape index (κ1) is 16.5. The average molecular weight is 345 g/mol. The molecule has 1 unspecified atom stereocenters. The molecule has 5 nitrogen and oxygen atoms in total. The molecule has 6 heteroatoms. The zero-order valence-electron chi connectivity index (χ0n) is 13.0. The molecule has 1 aliphatic rings. The highest BCUT2D eigenvalue weighted by Crippen LogP contribution is 2.29. The number of aromatic nitrogens is 1. The summed E-state index contributed by atoms with van der Waals surface area (Å²) in [7, 11) is 0. The van der Waals surface area contributed by atoms with E-state index >= 15 is 0 Å². The first-order valence-electron chi connectivity index (χ1n) is 7.79. The Kier molecular flexibility index (Phi) is 5.11. The van der Waals surface area contributed by atoms with Crippen LogP contribution in [0, 0.1) is 0 Å². The van der Waals surface area contributed by atoms with Crippen LogP contribution in [0.15, 0.2) is 42.6 Å². The van der Waals surface area contributed by atoms with E-state index in [2.05, 4.69) is 16.4 Å². The SMILES string of the molecule is O=C(COC(=O)c1ccnc(Cl)c1)NC1CCCc2ccccc21. The smallest absolute Gasteiger partial charge is 0.338 e. The summed E-state index contributed by atoms with van der Waals surface area (Å²) in [5, 5.41) is 3.14. The van der Waals surface area contributed by atoms with Gasteiger partial charge in [-0.2, -0.15) is 0 Å². The van der Waals surface area contributed by atoms with Gasteiger partial charge in [0.05, 0.1) is 11.6 Å². The van der Waals surface area contributed by atoms with E-state index < -0.39 is 5.97 Å². The summed E-state index contributed by atoms with van der Waals surface area (Å²) in [6, 6.07) is 11.0. The second-order valence-electron chi connectivity index (χ2n) is 5.65. The van der Waals surface area contributed by atoms with E-state index in [0.29, 0.717) is 0 Å². The molecule has 24 heavy (non-hydrogen) atoms. The van der Waals surface area contributed by atoms with Crippen LogP contribution in [-0.2, 0) is 16.0 Å². The number of hydrogen-bond acceptors (Lipinski definition) is 4. The number of fused-ring (bicyclic) bond motifs is 1. The van der Waals surface area contributed by atoms with E-state index in [1.807, 2.05) is 18.2 Å². The fraction of sp³-hybridized carbons (Fsp3) is 0.278.